The molecule has 9 nitrogen and oxygen atoms in total. The lowest BCUT2D eigenvalue weighted by molar-refractivity contribution is 0.0768. The molecule has 0 bridgehead atoms. The predicted octanol–water partition coefficient (Wildman–Crippen LogP) is 2.63. The van der Waals surface area contributed by atoms with Crippen LogP contribution in [0.5, 0.6) is 5.88 Å². The summed E-state index contributed by atoms with van der Waals surface area (Å²) in [5, 5.41) is 12.4. The minimum atomic E-state index is -0.458. The fourth-order valence-electron chi connectivity index (χ4n) is 4.16. The van der Waals surface area contributed by atoms with Crippen LogP contribution in [0.1, 0.15) is 34.3 Å². The van der Waals surface area contributed by atoms with E-state index in [1.165, 1.54) is 4.57 Å². The number of carbonyl (C=O) groups excluding carboxylic acids is 1. The van der Waals surface area contributed by atoms with Crippen LogP contribution in [-0.4, -0.2) is 57.4 Å². The van der Waals surface area contributed by atoms with Gasteiger partial charge in [0, 0.05) is 38.3 Å². The molecule has 1 aromatic carbocycles. The van der Waals surface area contributed by atoms with Gasteiger partial charge in [0.2, 0.25) is 5.88 Å². The molecule has 0 atom stereocenters. The number of benzene rings is 1. The molecule has 36 heavy (non-hydrogen) atoms. The van der Waals surface area contributed by atoms with Crippen molar-refractivity contribution in [2.24, 2.45) is 7.05 Å². The van der Waals surface area contributed by atoms with Crippen molar-refractivity contribution in [2.45, 2.75) is 24.1 Å². The Kier molecular flexibility index (Phi) is 6.96. The molecular formula is C26H27N5O4S. The predicted molar refractivity (Wildman–Crippen MR) is 137 cm³/mol. The maximum atomic E-state index is 13.1. The van der Waals surface area contributed by atoms with Crippen LogP contribution >= 0.6 is 11.9 Å². The lowest BCUT2D eigenvalue weighted by Gasteiger charge is -2.29. The summed E-state index contributed by atoms with van der Waals surface area (Å²) in [6.07, 6.45) is 3.78. The van der Waals surface area contributed by atoms with Crippen LogP contribution in [0.3, 0.4) is 0 Å². The van der Waals surface area contributed by atoms with Gasteiger partial charge in [0.15, 0.2) is 0 Å². The van der Waals surface area contributed by atoms with Gasteiger partial charge in [-0.25, -0.2) is 9.29 Å². The second-order valence-corrected chi connectivity index (χ2v) is 10.6. The second kappa shape index (κ2) is 10.3. The zero-order valence-corrected chi connectivity index (χ0v) is 20.8. The van der Waals surface area contributed by atoms with Gasteiger partial charge in [0.05, 0.1) is 29.6 Å². The average Bonchev–Trinajstić information content (AvgIpc) is 3.68. The zero-order chi connectivity index (χ0) is 25.1. The van der Waals surface area contributed by atoms with E-state index in [1.807, 2.05) is 11.9 Å². The van der Waals surface area contributed by atoms with Crippen molar-refractivity contribution < 1.29 is 14.3 Å². The number of nitrogens with zero attached hydrogens (tertiary/aromatic N) is 4. The van der Waals surface area contributed by atoms with E-state index >= 15 is 0 Å². The van der Waals surface area contributed by atoms with Crippen molar-refractivity contribution in [2.75, 3.05) is 32.9 Å². The maximum absolute atomic E-state index is 13.1. The third-order valence-electron chi connectivity index (χ3n) is 6.45. The Hall–Kier alpha value is -3.39. The molecule has 0 radical (unpaired) electrons. The number of ether oxygens (including phenoxy) is 2. The number of aromatic nitrogens is 2. The normalized spacial score (nSPS) is 16.9. The van der Waals surface area contributed by atoms with Crippen molar-refractivity contribution in [3.8, 4) is 11.9 Å². The second-order valence-electron chi connectivity index (χ2n) is 9.07. The third kappa shape index (κ3) is 5.23. The molecule has 2 aromatic heterocycles. The number of rotatable bonds is 8. The van der Waals surface area contributed by atoms with Crippen molar-refractivity contribution in [3.05, 3.63) is 69.6 Å². The first-order chi connectivity index (χ1) is 17.5. The van der Waals surface area contributed by atoms with Crippen LogP contribution in [-0.2, 0) is 18.3 Å². The van der Waals surface area contributed by atoms with Crippen LogP contribution < -0.4 is 15.6 Å². The summed E-state index contributed by atoms with van der Waals surface area (Å²) >= 11 is 1.84. The third-order valence-corrected chi connectivity index (χ3v) is 7.98. The Morgan fingerprint density at radius 3 is 2.69 bits per heavy atom. The van der Waals surface area contributed by atoms with Gasteiger partial charge in [-0.2, -0.15) is 5.26 Å². The number of carbonyl (C=O) groups is 1. The molecule has 5 rings (SSSR count). The molecule has 186 valence electrons. The molecule has 10 heteroatoms. The summed E-state index contributed by atoms with van der Waals surface area (Å²) in [7, 11) is 1.63. The molecule has 3 heterocycles. The summed E-state index contributed by atoms with van der Waals surface area (Å²) in [4.78, 5) is 30.4. The van der Waals surface area contributed by atoms with E-state index in [9.17, 15) is 9.59 Å². The van der Waals surface area contributed by atoms with Crippen LogP contribution in [0.2, 0.25) is 0 Å². The van der Waals surface area contributed by atoms with E-state index in [0.717, 1.165) is 44.7 Å². The summed E-state index contributed by atoms with van der Waals surface area (Å²) in [6, 6.07) is 12.4. The molecule has 2 aliphatic rings. The smallest absolute Gasteiger partial charge is 0.263 e. The number of morpholine rings is 1. The highest BCUT2D eigenvalue weighted by atomic mass is 32.2. The van der Waals surface area contributed by atoms with E-state index in [4.69, 9.17) is 14.7 Å². The average molecular weight is 506 g/mol. The number of fused-ring (bicyclic) bond motifs is 1. The Morgan fingerprint density at radius 2 is 2.00 bits per heavy atom. The molecule has 1 saturated heterocycles. The summed E-state index contributed by atoms with van der Waals surface area (Å²) in [5.74, 6) is -0.0644. The fraction of sp³-hybridized carbons (Fsp3) is 0.385. The molecule has 0 unspecified atom stereocenters. The Morgan fingerprint density at radius 1 is 1.25 bits per heavy atom. The number of nitriles is 1. The Labute approximate surface area is 213 Å². The first-order valence-electron chi connectivity index (χ1n) is 11.9. The number of amides is 1. The van der Waals surface area contributed by atoms with Gasteiger partial charge >= 0.3 is 0 Å². The molecule has 1 aliphatic heterocycles. The number of hydrogen-bond donors (Lipinski definition) is 1. The van der Waals surface area contributed by atoms with Gasteiger partial charge in [-0.05, 0) is 42.7 Å². The molecule has 2 fully saturated rings. The van der Waals surface area contributed by atoms with Gasteiger partial charge < -0.3 is 19.4 Å². The van der Waals surface area contributed by atoms with Gasteiger partial charge in [-0.3, -0.25) is 9.59 Å². The standard InChI is InChI=1S/C26H27N5O4S/c1-30-22-20(14-21(25(30)33)23(32)29-16-19-4-2-18(15-27)3-5-19)6-9-28-24(22)35-17-26(7-8-26)36-31-10-12-34-13-11-31/h2-6,9,14H,7-8,10-13,16-17H2,1H3,(H,29,32). The molecule has 1 N–H and O–H groups in total. The van der Waals surface area contributed by atoms with E-state index in [0.29, 0.717) is 29.0 Å². The van der Waals surface area contributed by atoms with Crippen molar-refractivity contribution in [3.63, 3.8) is 0 Å². The van der Waals surface area contributed by atoms with Crippen molar-refractivity contribution in [1.82, 2.24) is 19.2 Å². The maximum Gasteiger partial charge on any atom is 0.263 e. The number of aryl methyl sites for hydroxylation is 1. The molecular weight excluding hydrogens is 478 g/mol. The highest BCUT2D eigenvalue weighted by molar-refractivity contribution is 7.98. The van der Waals surface area contributed by atoms with E-state index in [-0.39, 0.29) is 16.9 Å². The SMILES string of the molecule is Cn1c(=O)c(C(=O)NCc2ccc(C#N)cc2)cc2ccnc(OCC3(SN4CCOCC4)CC3)c21. The van der Waals surface area contributed by atoms with Gasteiger partial charge in [0.25, 0.3) is 11.5 Å². The Bertz CT molecular complexity index is 1370. The minimum absolute atomic E-state index is 0.0331. The van der Waals surface area contributed by atoms with Crippen LogP contribution in [0.4, 0.5) is 0 Å². The number of pyridine rings is 2. The van der Waals surface area contributed by atoms with E-state index in [2.05, 4.69) is 20.7 Å². The van der Waals surface area contributed by atoms with Gasteiger partial charge in [0.1, 0.15) is 17.7 Å². The fourth-order valence-corrected chi connectivity index (χ4v) is 5.43. The lowest BCUT2D eigenvalue weighted by atomic mass is 10.1. The lowest BCUT2D eigenvalue weighted by Crippen LogP contribution is -2.34. The minimum Gasteiger partial charge on any atom is -0.475 e. The summed E-state index contributed by atoms with van der Waals surface area (Å²) in [6.45, 7) is 4.06. The summed E-state index contributed by atoms with van der Waals surface area (Å²) < 4.78 is 15.4. The quantitative estimate of drug-likeness (QED) is 0.466. The van der Waals surface area contributed by atoms with Crippen LogP contribution in [0, 0.1) is 11.3 Å². The van der Waals surface area contributed by atoms with Crippen molar-refractivity contribution in [1.29, 1.82) is 5.26 Å². The highest BCUT2D eigenvalue weighted by Crippen LogP contribution is 2.50. The Balaban J connectivity index is 1.31. The molecule has 1 amide bonds. The van der Waals surface area contributed by atoms with E-state index in [1.54, 1.807) is 49.6 Å². The van der Waals surface area contributed by atoms with E-state index < -0.39 is 11.5 Å². The van der Waals surface area contributed by atoms with Crippen LogP contribution in [0.15, 0.2) is 47.4 Å². The van der Waals surface area contributed by atoms with Crippen molar-refractivity contribution >= 4 is 28.8 Å². The molecule has 1 saturated carbocycles. The summed E-state index contributed by atoms with van der Waals surface area (Å²) in [5.41, 5.74) is 1.59. The molecule has 1 aliphatic carbocycles. The zero-order valence-electron chi connectivity index (χ0n) is 20.0. The van der Waals surface area contributed by atoms with Gasteiger partial charge in [-0.15, -0.1) is 0 Å². The number of hydrogen-bond acceptors (Lipinski definition) is 8. The first kappa shape index (κ1) is 24.3. The van der Waals surface area contributed by atoms with Crippen LogP contribution in [0.25, 0.3) is 10.9 Å². The van der Waals surface area contributed by atoms with Gasteiger partial charge in [-0.1, -0.05) is 24.1 Å². The highest BCUT2D eigenvalue weighted by Gasteiger charge is 2.46. The molecule has 0 spiro atoms. The molecule has 3 aromatic rings. The first-order valence-corrected chi connectivity index (χ1v) is 12.7. The largest absolute Gasteiger partial charge is 0.475 e. The monoisotopic (exact) mass is 505 g/mol. The topological polar surface area (TPSA) is 109 Å². The number of nitrogens with one attached hydrogen (secondary N) is 1.